The molecule has 0 aliphatic rings. The molecule has 0 aromatic heterocycles. The van der Waals surface area contributed by atoms with E-state index in [1.807, 2.05) is 0 Å². The van der Waals surface area contributed by atoms with Gasteiger partial charge in [0.15, 0.2) is 0 Å². The van der Waals surface area contributed by atoms with Crippen LogP contribution in [0.1, 0.15) is 35.0 Å². The van der Waals surface area contributed by atoms with Crippen molar-refractivity contribution in [2.45, 2.75) is 33.6 Å². The molecule has 0 aliphatic heterocycles. The number of carbonyl (C=O) groups excluding carboxylic acids is 3. The average Bonchev–Trinajstić information content (AvgIpc) is 2.55. The van der Waals surface area contributed by atoms with Crippen LogP contribution >= 0.6 is 0 Å². The van der Waals surface area contributed by atoms with Crippen LogP contribution in [-0.4, -0.2) is 56.5 Å². The van der Waals surface area contributed by atoms with Crippen LogP contribution in [0.3, 0.4) is 0 Å². The third-order valence-corrected chi connectivity index (χ3v) is 4.07. The van der Waals surface area contributed by atoms with Crippen LogP contribution in [0.15, 0.2) is 24.3 Å². The van der Waals surface area contributed by atoms with Crippen molar-refractivity contribution < 1.29 is 72.5 Å². The van der Waals surface area contributed by atoms with Crippen LogP contribution < -0.4 is 29.6 Å². The largest absolute Gasteiger partial charge is 1.00 e. The van der Waals surface area contributed by atoms with Crippen molar-refractivity contribution in [1.82, 2.24) is 0 Å². The molecular weight excluding hydrogens is 403 g/mol. The molecule has 0 rings (SSSR count). The molecule has 28 heavy (non-hydrogen) atoms. The molecule has 0 saturated heterocycles. The van der Waals surface area contributed by atoms with Gasteiger partial charge in [-0.2, -0.15) is 8.42 Å². The van der Waals surface area contributed by atoms with Crippen molar-refractivity contribution in [3.63, 3.8) is 0 Å². The molecular formula is C17H27NaO9S. The maximum atomic E-state index is 12.4. The Labute approximate surface area is 189 Å². The maximum absolute atomic E-state index is 12.4. The van der Waals surface area contributed by atoms with Crippen LogP contribution in [-0.2, 0) is 38.7 Å². The van der Waals surface area contributed by atoms with Crippen molar-refractivity contribution in [2.24, 2.45) is 5.41 Å². The van der Waals surface area contributed by atoms with Crippen LogP contribution in [0.5, 0.6) is 0 Å². The van der Waals surface area contributed by atoms with Gasteiger partial charge in [-0.25, -0.2) is 9.59 Å². The molecule has 9 nitrogen and oxygen atoms in total. The summed E-state index contributed by atoms with van der Waals surface area (Å²) in [5, 5.41) is 0. The van der Waals surface area contributed by atoms with Gasteiger partial charge in [0.05, 0.1) is 12.4 Å². The predicted molar refractivity (Wildman–Crippen MR) is 97.4 cm³/mol. The predicted octanol–water partition coefficient (Wildman–Crippen LogP) is -1.44. The molecule has 0 saturated carbocycles. The molecule has 0 spiro atoms. The molecule has 0 fully saturated rings. The monoisotopic (exact) mass is 430 g/mol. The van der Waals surface area contributed by atoms with Crippen molar-refractivity contribution in [2.75, 3.05) is 25.6 Å². The van der Waals surface area contributed by atoms with E-state index >= 15 is 0 Å². The topological polar surface area (TPSA) is 133 Å². The number of carbonyl (C=O) groups is 3. The summed E-state index contributed by atoms with van der Waals surface area (Å²) >= 11 is 0. The third kappa shape index (κ3) is 12.3. The Morgan fingerprint density at radius 3 is 1.75 bits per heavy atom. The smallest absolute Gasteiger partial charge is 1.00 e. The van der Waals surface area contributed by atoms with E-state index in [0.29, 0.717) is 0 Å². The Morgan fingerprint density at radius 2 is 1.39 bits per heavy atom. The number of rotatable bonds is 12. The quantitative estimate of drug-likeness (QED) is 0.0986. The zero-order valence-corrected chi connectivity index (χ0v) is 19.6. The summed E-state index contributed by atoms with van der Waals surface area (Å²) in [6.07, 6.45) is 0.289. The maximum Gasteiger partial charge on any atom is 1.00 e. The minimum Gasteiger partial charge on any atom is -1.00 e. The second-order valence-electron chi connectivity index (χ2n) is 6.40. The van der Waals surface area contributed by atoms with Crippen LogP contribution in [0.4, 0.5) is 0 Å². The molecule has 0 heterocycles. The zero-order valence-electron chi connectivity index (χ0n) is 17.8. The Balaban J connectivity index is -0.00000338. The molecule has 1 N–H and O–H groups in total. The Kier molecular flexibility index (Phi) is 13.6. The standard InChI is InChI=1S/C17H26O9S.Na.H/c1-12(2)14(18)25-10-17(5,11-26-15(19)13(3)4)16(20)24-8-6-7-9-27(21,22)23;;/h1,3,6-11H2,2,4-5H3,(H,21,22,23);;/q;+1;-1. The second-order valence-corrected chi connectivity index (χ2v) is 7.97. The van der Waals surface area contributed by atoms with E-state index in [2.05, 4.69) is 13.2 Å². The van der Waals surface area contributed by atoms with Gasteiger partial charge in [0.1, 0.15) is 18.6 Å². The van der Waals surface area contributed by atoms with Gasteiger partial charge in [-0.15, -0.1) is 0 Å². The van der Waals surface area contributed by atoms with Gasteiger partial charge in [0.25, 0.3) is 10.1 Å². The van der Waals surface area contributed by atoms with Gasteiger partial charge in [-0.1, -0.05) is 13.2 Å². The summed E-state index contributed by atoms with van der Waals surface area (Å²) in [6, 6.07) is 0. The Hall–Kier alpha value is -1.20. The Morgan fingerprint density at radius 1 is 0.964 bits per heavy atom. The minimum atomic E-state index is -4.08. The van der Waals surface area contributed by atoms with Gasteiger partial charge < -0.3 is 15.6 Å². The second kappa shape index (κ2) is 13.1. The SMILES string of the molecule is C=C(C)C(=O)OCC(C)(COC(=O)C(=C)C)C(=O)OCCCCS(=O)(=O)O.[H-].[Na+]. The molecule has 11 heteroatoms. The number of hydrogen-bond acceptors (Lipinski definition) is 8. The first kappa shape index (κ1) is 29.0. The average molecular weight is 430 g/mol. The van der Waals surface area contributed by atoms with Crippen LogP contribution in [0.2, 0.25) is 0 Å². The first-order valence-electron chi connectivity index (χ1n) is 8.06. The summed E-state index contributed by atoms with van der Waals surface area (Å²) < 4.78 is 44.9. The van der Waals surface area contributed by atoms with Crippen molar-refractivity contribution in [1.29, 1.82) is 0 Å². The first-order chi connectivity index (χ1) is 12.3. The summed E-state index contributed by atoms with van der Waals surface area (Å²) in [5.74, 6) is -2.67. The Bertz CT molecular complexity index is 674. The van der Waals surface area contributed by atoms with Gasteiger partial charge in [-0.05, 0) is 33.6 Å². The van der Waals surface area contributed by atoms with Crippen molar-refractivity contribution in [3.8, 4) is 0 Å². The molecule has 0 aromatic rings. The van der Waals surface area contributed by atoms with Gasteiger partial charge >= 0.3 is 47.5 Å². The van der Waals surface area contributed by atoms with Crippen LogP contribution in [0, 0.1) is 5.41 Å². The summed E-state index contributed by atoms with van der Waals surface area (Å²) in [6.45, 7) is 10.2. The molecule has 0 atom stereocenters. The van der Waals surface area contributed by atoms with Crippen LogP contribution in [0.25, 0.3) is 0 Å². The molecule has 0 aliphatic carbocycles. The first-order valence-corrected chi connectivity index (χ1v) is 9.67. The van der Waals surface area contributed by atoms with E-state index in [1.54, 1.807) is 0 Å². The molecule has 0 amide bonds. The van der Waals surface area contributed by atoms with Crippen molar-refractivity contribution in [3.05, 3.63) is 24.3 Å². The number of unbranched alkanes of at least 4 members (excludes halogenated alkanes) is 1. The summed E-state index contributed by atoms with van der Waals surface area (Å²) in [4.78, 5) is 35.5. The van der Waals surface area contributed by atoms with Gasteiger partial charge in [0.2, 0.25) is 0 Å². The van der Waals surface area contributed by atoms with Crippen molar-refractivity contribution >= 4 is 28.0 Å². The molecule has 0 bridgehead atoms. The molecule has 156 valence electrons. The van der Waals surface area contributed by atoms with E-state index in [1.165, 1.54) is 20.8 Å². The fourth-order valence-corrected chi connectivity index (χ4v) is 2.15. The third-order valence-electron chi connectivity index (χ3n) is 3.26. The van der Waals surface area contributed by atoms with E-state index in [0.717, 1.165) is 0 Å². The molecule has 0 unspecified atom stereocenters. The number of hydrogen-bond donors (Lipinski definition) is 1. The summed E-state index contributed by atoms with van der Waals surface area (Å²) in [5.41, 5.74) is -1.20. The van der Waals surface area contributed by atoms with E-state index in [9.17, 15) is 22.8 Å². The van der Waals surface area contributed by atoms with Gasteiger partial charge in [-0.3, -0.25) is 9.35 Å². The fourth-order valence-electron chi connectivity index (χ4n) is 1.58. The fraction of sp³-hybridized carbons (Fsp3) is 0.588. The van der Waals surface area contributed by atoms with Gasteiger partial charge in [0, 0.05) is 11.1 Å². The molecule has 0 radical (unpaired) electrons. The normalized spacial score (nSPS) is 11.0. The minimum absolute atomic E-state index is 0. The molecule has 0 aromatic carbocycles. The zero-order chi connectivity index (χ0) is 21.3. The summed E-state index contributed by atoms with van der Waals surface area (Å²) in [7, 11) is -4.08. The number of ether oxygens (including phenoxy) is 3. The number of esters is 3. The van der Waals surface area contributed by atoms with E-state index in [-0.39, 0.29) is 61.6 Å². The van der Waals surface area contributed by atoms with E-state index < -0.39 is 52.4 Å². The van der Waals surface area contributed by atoms with E-state index in [4.69, 9.17) is 18.8 Å².